The minimum Gasteiger partial charge on any atom is -0.475 e. The Bertz CT molecular complexity index is 572. The Balaban J connectivity index is 2.53. The summed E-state index contributed by atoms with van der Waals surface area (Å²) in [5.74, 6) is -1.95. The lowest BCUT2D eigenvalue weighted by atomic mass is 10.2. The number of ether oxygens (including phenoxy) is 1. The van der Waals surface area contributed by atoms with E-state index in [1.165, 1.54) is 25.4 Å². The summed E-state index contributed by atoms with van der Waals surface area (Å²) in [7, 11) is 1.25. The fourth-order valence-corrected chi connectivity index (χ4v) is 1.25. The van der Waals surface area contributed by atoms with E-state index in [0.29, 0.717) is 5.52 Å². The summed E-state index contributed by atoms with van der Waals surface area (Å²) in [6.07, 6.45) is 1.30. The van der Waals surface area contributed by atoms with Gasteiger partial charge in [0.15, 0.2) is 5.58 Å². The van der Waals surface area contributed by atoms with Gasteiger partial charge in [-0.3, -0.25) is 4.98 Å². The first-order valence-electron chi connectivity index (χ1n) is 4.33. The van der Waals surface area contributed by atoms with E-state index in [-0.39, 0.29) is 16.9 Å². The largest absolute Gasteiger partial charge is 0.475 e. The monoisotopic (exact) mass is 221 g/mol. The molecule has 2 aromatic rings. The SMILES string of the molecule is COC(=O)c1cnc2cc(C(=O)O)oc2c1. The number of carbonyl (C=O) groups excluding carboxylic acids is 1. The van der Waals surface area contributed by atoms with Crippen LogP contribution in [0.5, 0.6) is 0 Å². The third kappa shape index (κ3) is 1.60. The average molecular weight is 221 g/mol. The molecule has 6 nitrogen and oxygen atoms in total. The van der Waals surface area contributed by atoms with Crippen molar-refractivity contribution >= 4 is 23.0 Å². The summed E-state index contributed by atoms with van der Waals surface area (Å²) in [5, 5.41) is 8.70. The first-order chi connectivity index (χ1) is 7.61. The van der Waals surface area contributed by atoms with E-state index in [1.807, 2.05) is 0 Å². The van der Waals surface area contributed by atoms with Gasteiger partial charge in [-0.2, -0.15) is 0 Å². The fourth-order valence-electron chi connectivity index (χ4n) is 1.25. The third-order valence-corrected chi connectivity index (χ3v) is 2.00. The van der Waals surface area contributed by atoms with Gasteiger partial charge in [0.1, 0.15) is 5.52 Å². The van der Waals surface area contributed by atoms with E-state index in [2.05, 4.69) is 9.72 Å². The lowest BCUT2D eigenvalue weighted by molar-refractivity contribution is 0.0599. The standard InChI is InChI=1S/C10H7NO5/c1-15-10(14)5-2-7-6(11-4-5)3-8(16-7)9(12)13/h2-4H,1H3,(H,12,13). The summed E-state index contributed by atoms with van der Waals surface area (Å²) in [5.41, 5.74) is 0.826. The van der Waals surface area contributed by atoms with E-state index >= 15 is 0 Å². The quantitative estimate of drug-likeness (QED) is 0.769. The highest BCUT2D eigenvalue weighted by atomic mass is 16.5. The normalized spacial score (nSPS) is 10.3. The number of hydrogen-bond donors (Lipinski definition) is 1. The molecule has 6 heteroatoms. The number of aromatic nitrogens is 1. The van der Waals surface area contributed by atoms with Crippen LogP contribution in [-0.2, 0) is 4.74 Å². The number of fused-ring (bicyclic) bond motifs is 1. The van der Waals surface area contributed by atoms with Crippen molar-refractivity contribution in [3.05, 3.63) is 29.7 Å². The molecule has 0 spiro atoms. The lowest BCUT2D eigenvalue weighted by Gasteiger charge is -1.96. The molecular weight excluding hydrogens is 214 g/mol. The molecule has 0 radical (unpaired) electrons. The van der Waals surface area contributed by atoms with Gasteiger partial charge < -0.3 is 14.3 Å². The maximum atomic E-state index is 11.2. The Morgan fingerprint density at radius 2 is 2.19 bits per heavy atom. The summed E-state index contributed by atoms with van der Waals surface area (Å²) in [4.78, 5) is 25.7. The van der Waals surface area contributed by atoms with Crippen LogP contribution in [0.4, 0.5) is 0 Å². The van der Waals surface area contributed by atoms with Gasteiger partial charge in [-0.15, -0.1) is 0 Å². The number of esters is 1. The van der Waals surface area contributed by atoms with Crippen molar-refractivity contribution in [2.75, 3.05) is 7.11 Å². The highest BCUT2D eigenvalue weighted by Crippen LogP contribution is 2.18. The molecule has 2 aromatic heterocycles. The van der Waals surface area contributed by atoms with Crippen molar-refractivity contribution < 1.29 is 23.8 Å². The van der Waals surface area contributed by atoms with E-state index in [4.69, 9.17) is 9.52 Å². The number of nitrogens with zero attached hydrogens (tertiary/aromatic N) is 1. The number of furan rings is 1. The van der Waals surface area contributed by atoms with Crippen LogP contribution >= 0.6 is 0 Å². The molecule has 2 rings (SSSR count). The minimum absolute atomic E-state index is 0.210. The molecule has 1 N–H and O–H groups in total. The summed E-state index contributed by atoms with van der Waals surface area (Å²) in [6, 6.07) is 2.68. The molecule has 16 heavy (non-hydrogen) atoms. The molecule has 0 aromatic carbocycles. The van der Waals surface area contributed by atoms with E-state index in [9.17, 15) is 9.59 Å². The summed E-state index contributed by atoms with van der Waals surface area (Å²) in [6.45, 7) is 0. The van der Waals surface area contributed by atoms with Crippen LogP contribution in [0.1, 0.15) is 20.9 Å². The number of aromatic carboxylic acids is 1. The zero-order valence-corrected chi connectivity index (χ0v) is 8.26. The number of rotatable bonds is 2. The second-order valence-electron chi connectivity index (χ2n) is 3.01. The molecule has 0 bridgehead atoms. The smallest absolute Gasteiger partial charge is 0.371 e. The predicted octanol–water partition coefficient (Wildman–Crippen LogP) is 1.31. The van der Waals surface area contributed by atoms with Crippen molar-refractivity contribution in [3.63, 3.8) is 0 Å². The first-order valence-corrected chi connectivity index (χ1v) is 4.33. The number of carboxylic acid groups (broad SMARTS) is 1. The van der Waals surface area contributed by atoms with Gasteiger partial charge in [0.05, 0.1) is 12.7 Å². The van der Waals surface area contributed by atoms with Crippen molar-refractivity contribution in [3.8, 4) is 0 Å². The summed E-state index contributed by atoms with van der Waals surface area (Å²) < 4.78 is 9.50. The van der Waals surface area contributed by atoms with E-state index < -0.39 is 11.9 Å². The second kappa shape index (κ2) is 3.65. The van der Waals surface area contributed by atoms with Crippen molar-refractivity contribution in [2.24, 2.45) is 0 Å². The zero-order valence-electron chi connectivity index (χ0n) is 8.26. The molecular formula is C10H7NO5. The molecule has 82 valence electrons. The second-order valence-corrected chi connectivity index (χ2v) is 3.01. The van der Waals surface area contributed by atoms with Crippen molar-refractivity contribution in [1.82, 2.24) is 4.98 Å². The number of carboxylic acids is 1. The third-order valence-electron chi connectivity index (χ3n) is 2.00. The molecule has 0 aliphatic carbocycles. The van der Waals surface area contributed by atoms with Crippen LogP contribution in [0.2, 0.25) is 0 Å². The Hall–Kier alpha value is -2.37. The average Bonchev–Trinajstić information content (AvgIpc) is 2.70. The van der Waals surface area contributed by atoms with Crippen molar-refractivity contribution in [2.45, 2.75) is 0 Å². The highest BCUT2D eigenvalue weighted by molar-refractivity contribution is 5.94. The van der Waals surface area contributed by atoms with Gasteiger partial charge in [0.25, 0.3) is 0 Å². The van der Waals surface area contributed by atoms with Crippen LogP contribution in [0.25, 0.3) is 11.1 Å². The molecule has 0 amide bonds. The van der Waals surface area contributed by atoms with Gasteiger partial charge in [0, 0.05) is 12.3 Å². The molecule has 0 aliphatic heterocycles. The first kappa shape index (κ1) is 10.2. The topological polar surface area (TPSA) is 89.6 Å². The van der Waals surface area contributed by atoms with Crippen LogP contribution in [0.3, 0.4) is 0 Å². The number of hydrogen-bond acceptors (Lipinski definition) is 5. The fraction of sp³-hybridized carbons (Fsp3) is 0.100. The molecule has 0 saturated heterocycles. The number of methoxy groups -OCH3 is 1. The lowest BCUT2D eigenvalue weighted by Crippen LogP contribution is -2.00. The molecule has 0 fully saturated rings. The maximum Gasteiger partial charge on any atom is 0.371 e. The highest BCUT2D eigenvalue weighted by Gasteiger charge is 2.13. The zero-order chi connectivity index (χ0) is 11.7. The minimum atomic E-state index is -1.18. The molecule has 2 heterocycles. The van der Waals surface area contributed by atoms with Crippen LogP contribution in [0.15, 0.2) is 22.7 Å². The number of carbonyl (C=O) groups is 2. The Kier molecular flexibility index (Phi) is 2.32. The van der Waals surface area contributed by atoms with Gasteiger partial charge in [-0.1, -0.05) is 0 Å². The Morgan fingerprint density at radius 1 is 1.44 bits per heavy atom. The molecule has 0 unspecified atom stereocenters. The van der Waals surface area contributed by atoms with Gasteiger partial charge in [0.2, 0.25) is 5.76 Å². The van der Waals surface area contributed by atoms with Crippen molar-refractivity contribution in [1.29, 1.82) is 0 Å². The number of pyridine rings is 1. The van der Waals surface area contributed by atoms with Gasteiger partial charge >= 0.3 is 11.9 Å². The molecule has 0 atom stereocenters. The van der Waals surface area contributed by atoms with Crippen LogP contribution in [0, 0.1) is 0 Å². The van der Waals surface area contributed by atoms with Crippen LogP contribution < -0.4 is 0 Å². The van der Waals surface area contributed by atoms with E-state index in [1.54, 1.807) is 0 Å². The molecule has 0 saturated carbocycles. The Labute approximate surface area is 89.5 Å². The maximum absolute atomic E-state index is 11.2. The predicted molar refractivity (Wildman–Crippen MR) is 52.3 cm³/mol. The van der Waals surface area contributed by atoms with Gasteiger partial charge in [-0.05, 0) is 6.07 Å². The molecule has 0 aliphatic rings. The van der Waals surface area contributed by atoms with Crippen LogP contribution in [-0.4, -0.2) is 29.1 Å². The Morgan fingerprint density at radius 3 is 2.81 bits per heavy atom. The van der Waals surface area contributed by atoms with Gasteiger partial charge in [-0.25, -0.2) is 9.59 Å². The van der Waals surface area contributed by atoms with E-state index in [0.717, 1.165) is 0 Å². The summed E-state index contributed by atoms with van der Waals surface area (Å²) >= 11 is 0.